The molecular weight excluding hydrogens is 292 g/mol. The number of thiophene rings is 1. The van der Waals surface area contributed by atoms with E-state index >= 15 is 0 Å². The van der Waals surface area contributed by atoms with E-state index in [-0.39, 0.29) is 10.9 Å². The SMILES string of the molecule is CCC(NCc1cccc(S(N)(=O)=O)c1)c1cccs1. The van der Waals surface area contributed by atoms with E-state index in [0.717, 1.165) is 12.0 Å². The fourth-order valence-electron chi connectivity index (χ4n) is 2.01. The molecule has 4 nitrogen and oxygen atoms in total. The number of nitrogens with one attached hydrogen (secondary N) is 1. The zero-order valence-electron chi connectivity index (χ0n) is 11.2. The lowest BCUT2D eigenvalue weighted by molar-refractivity contribution is 0.526. The standard InChI is InChI=1S/C14H18N2O2S2/c1-2-13(14-7-4-8-19-14)16-10-11-5-3-6-12(9-11)20(15,17)18/h3-9,13,16H,2,10H2,1H3,(H2,15,17,18). The molecule has 3 N–H and O–H groups in total. The highest BCUT2D eigenvalue weighted by Gasteiger charge is 2.11. The van der Waals surface area contributed by atoms with Crippen molar-refractivity contribution in [2.75, 3.05) is 0 Å². The zero-order chi connectivity index (χ0) is 14.6. The molecule has 108 valence electrons. The first kappa shape index (κ1) is 15.2. The van der Waals surface area contributed by atoms with Gasteiger partial charge in [-0.05, 0) is 35.6 Å². The molecule has 2 aromatic rings. The summed E-state index contributed by atoms with van der Waals surface area (Å²) < 4.78 is 22.7. The van der Waals surface area contributed by atoms with Crippen molar-refractivity contribution in [3.63, 3.8) is 0 Å². The number of benzene rings is 1. The van der Waals surface area contributed by atoms with Crippen molar-refractivity contribution in [3.05, 3.63) is 52.2 Å². The Balaban J connectivity index is 2.07. The summed E-state index contributed by atoms with van der Waals surface area (Å²) in [5, 5.41) is 10.6. The van der Waals surface area contributed by atoms with Crippen LogP contribution in [-0.4, -0.2) is 8.42 Å². The smallest absolute Gasteiger partial charge is 0.238 e. The minimum atomic E-state index is -3.64. The highest BCUT2D eigenvalue weighted by atomic mass is 32.2. The van der Waals surface area contributed by atoms with Gasteiger partial charge in [0.1, 0.15) is 0 Å². The average molecular weight is 310 g/mol. The molecule has 0 bridgehead atoms. The Morgan fingerprint density at radius 2 is 2.10 bits per heavy atom. The van der Waals surface area contributed by atoms with E-state index in [1.165, 1.54) is 10.9 Å². The maximum atomic E-state index is 11.3. The van der Waals surface area contributed by atoms with Gasteiger partial charge in [-0.15, -0.1) is 11.3 Å². The lowest BCUT2D eigenvalue weighted by Gasteiger charge is -2.15. The third kappa shape index (κ3) is 3.89. The third-order valence-corrected chi connectivity index (χ3v) is 4.97. The molecule has 2 rings (SSSR count). The minimum absolute atomic E-state index is 0.154. The van der Waals surface area contributed by atoms with Crippen molar-refractivity contribution >= 4 is 21.4 Å². The van der Waals surface area contributed by atoms with E-state index in [1.54, 1.807) is 23.5 Å². The number of sulfonamides is 1. The van der Waals surface area contributed by atoms with Crippen molar-refractivity contribution in [2.24, 2.45) is 5.14 Å². The molecular formula is C14H18N2O2S2. The number of nitrogens with two attached hydrogens (primary N) is 1. The van der Waals surface area contributed by atoms with Gasteiger partial charge in [0.15, 0.2) is 0 Å². The van der Waals surface area contributed by atoms with E-state index < -0.39 is 10.0 Å². The number of hydrogen-bond donors (Lipinski definition) is 2. The van der Waals surface area contributed by atoms with E-state index in [1.807, 2.05) is 12.1 Å². The van der Waals surface area contributed by atoms with Crippen molar-refractivity contribution < 1.29 is 8.42 Å². The fraction of sp³-hybridized carbons (Fsp3) is 0.286. The molecule has 1 unspecified atom stereocenters. The van der Waals surface area contributed by atoms with E-state index in [9.17, 15) is 8.42 Å². The van der Waals surface area contributed by atoms with Crippen LogP contribution in [0.25, 0.3) is 0 Å². The second kappa shape index (κ2) is 6.49. The van der Waals surface area contributed by atoms with Gasteiger partial charge < -0.3 is 5.32 Å². The van der Waals surface area contributed by atoms with Gasteiger partial charge in [0.05, 0.1) is 4.90 Å². The van der Waals surface area contributed by atoms with Crippen LogP contribution in [0, 0.1) is 0 Å². The maximum Gasteiger partial charge on any atom is 0.238 e. The summed E-state index contributed by atoms with van der Waals surface area (Å²) in [5.41, 5.74) is 0.909. The second-order valence-corrected chi connectivity index (χ2v) is 7.09. The average Bonchev–Trinajstić information content (AvgIpc) is 2.93. The lowest BCUT2D eigenvalue weighted by atomic mass is 10.1. The zero-order valence-corrected chi connectivity index (χ0v) is 12.9. The van der Waals surface area contributed by atoms with Gasteiger partial charge in [-0.3, -0.25) is 0 Å². The topological polar surface area (TPSA) is 72.2 Å². The number of rotatable bonds is 6. The molecule has 0 aliphatic carbocycles. The molecule has 1 atom stereocenters. The summed E-state index contributed by atoms with van der Waals surface area (Å²) in [5.74, 6) is 0. The molecule has 1 aromatic carbocycles. The molecule has 0 aliphatic rings. The van der Waals surface area contributed by atoms with Crippen molar-refractivity contribution in [1.82, 2.24) is 5.32 Å². The number of primary sulfonamides is 1. The Bertz CT molecular complexity index is 652. The molecule has 0 fully saturated rings. The van der Waals surface area contributed by atoms with Crippen LogP contribution in [0.2, 0.25) is 0 Å². The Labute approximate surface area is 123 Å². The first-order valence-corrected chi connectivity index (χ1v) is 8.82. The summed E-state index contributed by atoms with van der Waals surface area (Å²) in [7, 11) is -3.64. The molecule has 0 amide bonds. The van der Waals surface area contributed by atoms with Crippen molar-refractivity contribution in [3.8, 4) is 0 Å². The predicted molar refractivity (Wildman–Crippen MR) is 82.0 cm³/mol. The van der Waals surface area contributed by atoms with Crippen LogP contribution in [0.3, 0.4) is 0 Å². The minimum Gasteiger partial charge on any atom is -0.305 e. The highest BCUT2D eigenvalue weighted by molar-refractivity contribution is 7.89. The molecule has 0 saturated heterocycles. The molecule has 1 aromatic heterocycles. The predicted octanol–water partition coefficient (Wildman–Crippen LogP) is 2.64. The second-order valence-electron chi connectivity index (χ2n) is 4.55. The highest BCUT2D eigenvalue weighted by Crippen LogP contribution is 2.22. The van der Waals surface area contributed by atoms with Crippen molar-refractivity contribution in [2.45, 2.75) is 30.8 Å². The van der Waals surface area contributed by atoms with Gasteiger partial charge in [-0.25, -0.2) is 13.6 Å². The Morgan fingerprint density at radius 1 is 1.30 bits per heavy atom. The quantitative estimate of drug-likeness (QED) is 0.861. The molecule has 0 saturated carbocycles. The van der Waals surface area contributed by atoms with E-state index in [2.05, 4.69) is 23.7 Å². The van der Waals surface area contributed by atoms with Gasteiger partial charge in [0.25, 0.3) is 0 Å². The van der Waals surface area contributed by atoms with Gasteiger partial charge >= 0.3 is 0 Å². The first-order valence-electron chi connectivity index (χ1n) is 6.39. The fourth-order valence-corrected chi connectivity index (χ4v) is 3.48. The molecule has 6 heteroatoms. The van der Waals surface area contributed by atoms with Crippen LogP contribution in [0.4, 0.5) is 0 Å². The van der Waals surface area contributed by atoms with Gasteiger partial charge in [-0.1, -0.05) is 25.1 Å². The van der Waals surface area contributed by atoms with Crippen LogP contribution in [0.1, 0.15) is 29.8 Å². The number of hydrogen-bond acceptors (Lipinski definition) is 4. The summed E-state index contributed by atoms with van der Waals surface area (Å²) >= 11 is 1.72. The van der Waals surface area contributed by atoms with E-state index in [4.69, 9.17) is 5.14 Å². The van der Waals surface area contributed by atoms with Crippen LogP contribution < -0.4 is 10.5 Å². The first-order chi connectivity index (χ1) is 9.50. The molecule has 0 radical (unpaired) electrons. The molecule has 0 spiro atoms. The van der Waals surface area contributed by atoms with Crippen LogP contribution in [0.15, 0.2) is 46.7 Å². The molecule has 1 heterocycles. The molecule has 0 aliphatic heterocycles. The normalized spacial score (nSPS) is 13.3. The Morgan fingerprint density at radius 3 is 2.70 bits per heavy atom. The van der Waals surface area contributed by atoms with Crippen LogP contribution >= 0.6 is 11.3 Å². The Kier molecular flexibility index (Phi) is 4.93. The Hall–Kier alpha value is -1.21. The maximum absolute atomic E-state index is 11.3. The summed E-state index contributed by atoms with van der Waals surface area (Å²) in [6.07, 6.45) is 0.982. The monoisotopic (exact) mass is 310 g/mol. The lowest BCUT2D eigenvalue weighted by Crippen LogP contribution is -2.20. The van der Waals surface area contributed by atoms with Crippen molar-refractivity contribution in [1.29, 1.82) is 0 Å². The van der Waals surface area contributed by atoms with Gasteiger partial charge in [0, 0.05) is 17.5 Å². The van der Waals surface area contributed by atoms with Crippen LogP contribution in [0.5, 0.6) is 0 Å². The van der Waals surface area contributed by atoms with Gasteiger partial charge in [-0.2, -0.15) is 0 Å². The summed E-state index contributed by atoms with van der Waals surface area (Å²) in [6.45, 7) is 2.73. The summed E-state index contributed by atoms with van der Waals surface area (Å²) in [4.78, 5) is 1.44. The van der Waals surface area contributed by atoms with Crippen LogP contribution in [-0.2, 0) is 16.6 Å². The summed E-state index contributed by atoms with van der Waals surface area (Å²) in [6, 6.07) is 11.1. The largest absolute Gasteiger partial charge is 0.305 e. The third-order valence-electron chi connectivity index (χ3n) is 3.07. The molecule has 20 heavy (non-hydrogen) atoms. The van der Waals surface area contributed by atoms with Gasteiger partial charge in [0.2, 0.25) is 10.0 Å². The van der Waals surface area contributed by atoms with E-state index in [0.29, 0.717) is 6.54 Å².